The van der Waals surface area contributed by atoms with Crippen LogP contribution >= 0.6 is 0 Å². The molecule has 0 aliphatic carbocycles. The van der Waals surface area contributed by atoms with Crippen LogP contribution in [0.4, 0.5) is 0 Å². The molecule has 0 saturated carbocycles. The molecule has 6 heteroatoms. The van der Waals surface area contributed by atoms with E-state index < -0.39 is 0 Å². The van der Waals surface area contributed by atoms with E-state index in [-0.39, 0.29) is 11.5 Å². The lowest BCUT2D eigenvalue weighted by molar-refractivity contribution is 0.0942. The van der Waals surface area contributed by atoms with Gasteiger partial charge in [-0.25, -0.2) is 0 Å². The smallest absolute Gasteiger partial charge is 0.267 e. The third-order valence-electron chi connectivity index (χ3n) is 5.96. The second-order valence-corrected chi connectivity index (χ2v) is 7.55. The number of fused-ring (bicyclic) bond motifs is 3. The summed E-state index contributed by atoms with van der Waals surface area (Å²) in [5.41, 5.74) is 2.13. The second kappa shape index (κ2) is 6.85. The van der Waals surface area contributed by atoms with Gasteiger partial charge in [-0.1, -0.05) is 18.2 Å². The minimum absolute atomic E-state index is 0.0778. The Morgan fingerprint density at radius 2 is 1.93 bits per heavy atom. The molecule has 4 rings (SSSR count). The van der Waals surface area contributed by atoms with Gasteiger partial charge in [-0.2, -0.15) is 0 Å². The molecule has 1 saturated heterocycles. The fraction of sp³-hybridized carbons (Fsp3) is 0.429. The van der Waals surface area contributed by atoms with Crippen molar-refractivity contribution in [3.63, 3.8) is 0 Å². The van der Waals surface area contributed by atoms with Crippen molar-refractivity contribution < 1.29 is 4.79 Å². The quantitative estimate of drug-likeness (QED) is 0.770. The number of nitrogens with zero attached hydrogens (tertiary/aromatic N) is 3. The largest absolute Gasteiger partial charge is 0.351 e. The molecule has 3 aromatic rings. The van der Waals surface area contributed by atoms with E-state index in [9.17, 15) is 9.59 Å². The first-order valence-electron chi connectivity index (χ1n) is 9.54. The Labute approximate surface area is 158 Å². The Bertz CT molecular complexity index is 1080. The van der Waals surface area contributed by atoms with Gasteiger partial charge >= 0.3 is 0 Å². The average Bonchev–Trinajstić information content (AvgIpc) is 3.23. The number of nitrogens with one attached hydrogen (secondary N) is 1. The molecule has 0 radical (unpaired) electrons. The normalized spacial score (nSPS) is 17.8. The zero-order valence-corrected chi connectivity index (χ0v) is 16.2. The van der Waals surface area contributed by atoms with Crippen LogP contribution in [0.3, 0.4) is 0 Å². The summed E-state index contributed by atoms with van der Waals surface area (Å²) in [6.45, 7) is 1.78. The van der Waals surface area contributed by atoms with E-state index in [1.807, 2.05) is 35.9 Å². The lowest BCUT2D eigenvalue weighted by Gasteiger charge is -2.19. The monoisotopic (exact) mass is 366 g/mol. The molecule has 2 aromatic heterocycles. The van der Waals surface area contributed by atoms with E-state index in [1.165, 1.54) is 12.8 Å². The summed E-state index contributed by atoms with van der Waals surface area (Å²) in [6.07, 6.45) is 3.38. The molecule has 3 heterocycles. The van der Waals surface area contributed by atoms with E-state index in [4.69, 9.17) is 0 Å². The highest BCUT2D eigenvalue weighted by Crippen LogP contribution is 2.25. The summed E-state index contributed by atoms with van der Waals surface area (Å²) >= 11 is 0. The van der Waals surface area contributed by atoms with Crippen molar-refractivity contribution >= 4 is 27.7 Å². The Morgan fingerprint density at radius 1 is 1.15 bits per heavy atom. The predicted octanol–water partition coefficient (Wildman–Crippen LogP) is 2.24. The number of benzene rings is 1. The molecule has 1 N–H and O–H groups in total. The summed E-state index contributed by atoms with van der Waals surface area (Å²) in [5.74, 6) is -0.125. The van der Waals surface area contributed by atoms with E-state index >= 15 is 0 Å². The summed E-state index contributed by atoms with van der Waals surface area (Å²) < 4.78 is 3.49. The molecule has 1 aliphatic rings. The minimum Gasteiger partial charge on any atom is -0.351 e. The van der Waals surface area contributed by atoms with Gasteiger partial charge in [0.2, 0.25) is 0 Å². The molecule has 1 aliphatic heterocycles. The van der Waals surface area contributed by atoms with Gasteiger partial charge in [-0.15, -0.1) is 0 Å². The summed E-state index contributed by atoms with van der Waals surface area (Å²) in [7, 11) is 5.77. The number of carbonyl (C=O) groups excluding carboxylic acids is 1. The summed E-state index contributed by atoms with van der Waals surface area (Å²) in [4.78, 5) is 27.9. The number of likely N-dealkylation sites (tertiary alicyclic amines) is 1. The van der Waals surface area contributed by atoms with Gasteiger partial charge in [0.05, 0.1) is 16.4 Å². The van der Waals surface area contributed by atoms with Crippen LogP contribution in [0.2, 0.25) is 0 Å². The van der Waals surface area contributed by atoms with Crippen LogP contribution in [-0.2, 0) is 14.1 Å². The van der Waals surface area contributed by atoms with Gasteiger partial charge in [0.25, 0.3) is 11.5 Å². The first kappa shape index (κ1) is 17.8. The Hall–Kier alpha value is -2.60. The van der Waals surface area contributed by atoms with E-state index in [0.29, 0.717) is 23.7 Å². The van der Waals surface area contributed by atoms with E-state index in [1.54, 1.807) is 17.7 Å². The van der Waals surface area contributed by atoms with Crippen LogP contribution < -0.4 is 10.9 Å². The fourth-order valence-electron chi connectivity index (χ4n) is 4.35. The number of aromatic nitrogens is 2. The number of aryl methyl sites for hydroxylation is 2. The molecule has 1 amide bonds. The van der Waals surface area contributed by atoms with Crippen molar-refractivity contribution in [2.24, 2.45) is 14.1 Å². The molecule has 6 nitrogen and oxygen atoms in total. The topological polar surface area (TPSA) is 59.3 Å². The van der Waals surface area contributed by atoms with Gasteiger partial charge < -0.3 is 19.4 Å². The molecule has 142 valence electrons. The van der Waals surface area contributed by atoms with Crippen LogP contribution in [0.25, 0.3) is 21.8 Å². The molecule has 1 atom stereocenters. The Balaban J connectivity index is 1.65. The lowest BCUT2D eigenvalue weighted by atomic mass is 10.1. The van der Waals surface area contributed by atoms with Crippen molar-refractivity contribution in [1.29, 1.82) is 0 Å². The first-order valence-corrected chi connectivity index (χ1v) is 9.54. The van der Waals surface area contributed by atoms with Gasteiger partial charge in [0, 0.05) is 32.1 Å². The number of pyridine rings is 1. The van der Waals surface area contributed by atoms with Gasteiger partial charge in [-0.3, -0.25) is 9.59 Å². The molecule has 0 spiro atoms. The van der Waals surface area contributed by atoms with Gasteiger partial charge in [-0.05, 0) is 45.0 Å². The van der Waals surface area contributed by atoms with E-state index in [2.05, 4.69) is 17.3 Å². The van der Waals surface area contributed by atoms with Gasteiger partial charge in [0.1, 0.15) is 5.69 Å². The Morgan fingerprint density at radius 3 is 2.67 bits per heavy atom. The number of para-hydroxylation sites is 1. The van der Waals surface area contributed by atoms with Crippen molar-refractivity contribution in [3.8, 4) is 0 Å². The number of hydrogen-bond donors (Lipinski definition) is 1. The molecule has 1 aromatic carbocycles. The number of carbonyl (C=O) groups is 1. The molecule has 1 fully saturated rings. The average molecular weight is 366 g/mol. The molecule has 27 heavy (non-hydrogen) atoms. The maximum atomic E-state index is 12.8. The standard InChI is InChI=1S/C21H26N4O2/c1-23-12-6-7-14(23)10-11-22-20(26)18-13-16-19(24(18)2)15-8-4-5-9-17(15)25(3)21(16)27/h4-5,8-9,13-14H,6-7,10-12H2,1-3H3,(H,22,26). The summed E-state index contributed by atoms with van der Waals surface area (Å²) in [5, 5.41) is 4.59. The minimum atomic E-state index is -0.125. The molecule has 1 unspecified atom stereocenters. The van der Waals surface area contributed by atoms with E-state index in [0.717, 1.165) is 29.4 Å². The second-order valence-electron chi connectivity index (χ2n) is 7.55. The van der Waals surface area contributed by atoms with Crippen LogP contribution in [0.15, 0.2) is 35.1 Å². The molecular weight excluding hydrogens is 340 g/mol. The highest BCUT2D eigenvalue weighted by atomic mass is 16.2. The van der Waals surface area contributed by atoms with Crippen molar-refractivity contribution in [2.75, 3.05) is 20.1 Å². The first-order chi connectivity index (χ1) is 13.0. The third-order valence-corrected chi connectivity index (χ3v) is 5.96. The van der Waals surface area contributed by atoms with Crippen molar-refractivity contribution in [1.82, 2.24) is 19.4 Å². The maximum Gasteiger partial charge on any atom is 0.267 e. The zero-order valence-electron chi connectivity index (χ0n) is 16.2. The van der Waals surface area contributed by atoms with Crippen molar-refractivity contribution in [3.05, 3.63) is 46.4 Å². The SMILES string of the molecule is CN1CCCC1CCNC(=O)c1cc2c(=O)n(C)c3ccccc3c2n1C. The molecule has 0 bridgehead atoms. The lowest BCUT2D eigenvalue weighted by Crippen LogP contribution is -2.32. The van der Waals surface area contributed by atoms with Crippen LogP contribution in [0.1, 0.15) is 29.8 Å². The fourth-order valence-corrected chi connectivity index (χ4v) is 4.35. The number of hydrogen-bond acceptors (Lipinski definition) is 3. The third kappa shape index (κ3) is 2.94. The Kier molecular flexibility index (Phi) is 4.52. The van der Waals surface area contributed by atoms with Gasteiger partial charge in [0.15, 0.2) is 0 Å². The molecular formula is C21H26N4O2. The maximum absolute atomic E-state index is 12.8. The summed E-state index contributed by atoms with van der Waals surface area (Å²) in [6, 6.07) is 10.1. The highest BCUT2D eigenvalue weighted by Gasteiger charge is 2.22. The van der Waals surface area contributed by atoms with Crippen LogP contribution in [0.5, 0.6) is 0 Å². The zero-order chi connectivity index (χ0) is 19.1. The highest BCUT2D eigenvalue weighted by molar-refractivity contribution is 6.08. The number of amides is 1. The van der Waals surface area contributed by atoms with Crippen LogP contribution in [-0.4, -0.2) is 46.1 Å². The number of rotatable bonds is 4. The van der Waals surface area contributed by atoms with Crippen molar-refractivity contribution in [2.45, 2.75) is 25.3 Å². The van der Waals surface area contributed by atoms with Crippen LogP contribution in [0, 0.1) is 0 Å². The predicted molar refractivity (Wildman–Crippen MR) is 108 cm³/mol.